The van der Waals surface area contributed by atoms with Gasteiger partial charge in [0.2, 0.25) is 0 Å². The van der Waals surface area contributed by atoms with E-state index < -0.39 is 16.9 Å². The molecule has 0 saturated heterocycles. The Bertz CT molecular complexity index is 890. The number of allylic oxidation sites excluding steroid dienone is 2. The van der Waals surface area contributed by atoms with Crippen LogP contribution in [0.3, 0.4) is 0 Å². The van der Waals surface area contributed by atoms with Crippen molar-refractivity contribution in [1.29, 1.82) is 0 Å². The summed E-state index contributed by atoms with van der Waals surface area (Å²) in [5, 5.41) is 10.9. The van der Waals surface area contributed by atoms with Gasteiger partial charge < -0.3 is 19.1 Å². The number of benzene rings is 1. The highest BCUT2D eigenvalue weighted by Crippen LogP contribution is 2.40. The molecular weight excluding hydrogens is 380 g/mol. The predicted octanol–water partition coefficient (Wildman–Crippen LogP) is 2.75. The van der Waals surface area contributed by atoms with E-state index in [0.29, 0.717) is 0 Å². The van der Waals surface area contributed by atoms with Crippen molar-refractivity contribution in [2.45, 2.75) is 0 Å². The van der Waals surface area contributed by atoms with Crippen LogP contribution >= 0.6 is 11.6 Å². The van der Waals surface area contributed by atoms with Crippen LogP contribution in [0.25, 0.3) is 0 Å². The van der Waals surface area contributed by atoms with Crippen molar-refractivity contribution >= 4 is 34.9 Å². The number of carbonyl (C=O) groups is 2. The van der Waals surface area contributed by atoms with Gasteiger partial charge in [0.1, 0.15) is 16.5 Å². The molecule has 0 spiro atoms. The molecule has 1 aromatic rings. The lowest BCUT2D eigenvalue weighted by Crippen LogP contribution is -2.27. The molecule has 0 aliphatic carbocycles. The number of esters is 2. The maximum Gasteiger partial charge on any atom is 0.355 e. The van der Waals surface area contributed by atoms with Gasteiger partial charge in [0.25, 0.3) is 5.69 Å². The Morgan fingerprint density at radius 3 is 2.33 bits per heavy atom. The minimum atomic E-state index is -0.830. The molecule has 0 radical (unpaired) electrons. The molecule has 10 heteroatoms. The summed E-state index contributed by atoms with van der Waals surface area (Å²) in [6.07, 6.45) is 5.91. The fourth-order valence-corrected chi connectivity index (χ4v) is 2.60. The third-order valence-electron chi connectivity index (χ3n) is 3.59. The normalized spacial score (nSPS) is 13.3. The topological polar surface area (TPSA) is 108 Å². The Morgan fingerprint density at radius 1 is 1.11 bits per heavy atom. The Balaban J connectivity index is 2.78. The van der Waals surface area contributed by atoms with Crippen LogP contribution in [-0.2, 0) is 19.1 Å². The molecule has 1 aliphatic heterocycles. The van der Waals surface area contributed by atoms with E-state index >= 15 is 0 Å². The van der Waals surface area contributed by atoms with E-state index in [9.17, 15) is 19.7 Å². The molecule has 1 aliphatic rings. The van der Waals surface area contributed by atoms with Crippen LogP contribution in [0.1, 0.15) is 0 Å². The second kappa shape index (κ2) is 8.37. The fourth-order valence-electron chi connectivity index (χ4n) is 2.38. The van der Waals surface area contributed by atoms with Crippen molar-refractivity contribution in [3.63, 3.8) is 0 Å². The van der Waals surface area contributed by atoms with Gasteiger partial charge in [-0.3, -0.25) is 10.1 Å². The van der Waals surface area contributed by atoms with Crippen molar-refractivity contribution in [2.75, 3.05) is 26.2 Å². The molecule has 1 aromatic carbocycles. The molecule has 0 N–H and O–H groups in total. The van der Waals surface area contributed by atoms with E-state index in [2.05, 4.69) is 0 Å². The average molecular weight is 395 g/mol. The van der Waals surface area contributed by atoms with Gasteiger partial charge in [0.15, 0.2) is 0 Å². The fraction of sp³-hybridized carbons (Fsp3) is 0.176. The smallest absolute Gasteiger partial charge is 0.355 e. The van der Waals surface area contributed by atoms with E-state index in [1.807, 2.05) is 0 Å². The minimum absolute atomic E-state index is 0.0586. The summed E-state index contributed by atoms with van der Waals surface area (Å²) in [5.74, 6) is -1.54. The number of nitrogens with zero attached hydrogens (tertiary/aromatic N) is 2. The first-order chi connectivity index (χ1) is 12.8. The molecule has 0 unspecified atom stereocenters. The maximum atomic E-state index is 12.4. The predicted molar refractivity (Wildman–Crippen MR) is 96.5 cm³/mol. The third kappa shape index (κ3) is 3.93. The second-order valence-corrected chi connectivity index (χ2v) is 5.46. The first-order valence-electron chi connectivity index (χ1n) is 7.42. The molecule has 9 nitrogen and oxygen atoms in total. The molecule has 27 heavy (non-hydrogen) atoms. The number of hydrogen-bond donors (Lipinski definition) is 0. The van der Waals surface area contributed by atoms with Crippen LogP contribution in [0.2, 0.25) is 5.02 Å². The van der Waals surface area contributed by atoms with Crippen molar-refractivity contribution in [3.8, 4) is 5.75 Å². The number of rotatable bonds is 5. The van der Waals surface area contributed by atoms with Crippen LogP contribution in [0.5, 0.6) is 5.75 Å². The summed E-state index contributed by atoms with van der Waals surface area (Å²) in [4.78, 5) is 36.3. The number of nitro groups is 1. The van der Waals surface area contributed by atoms with E-state index in [1.165, 1.54) is 43.5 Å². The quantitative estimate of drug-likeness (QED) is 0.426. The van der Waals surface area contributed by atoms with E-state index in [-0.39, 0.29) is 33.4 Å². The van der Waals surface area contributed by atoms with Crippen LogP contribution in [0, 0.1) is 10.1 Å². The summed E-state index contributed by atoms with van der Waals surface area (Å²) >= 11 is 6.01. The highest BCUT2D eigenvalue weighted by Gasteiger charge is 2.30. The standard InChI is InChI=1S/C17H15ClN2O7/c1-25-14-9-12(20(23)24)11(18)8-13(14)19-7-5-4-6-10(16(21)26-2)15(19)17(22)27-3/h4-9H,1-3H3. The highest BCUT2D eigenvalue weighted by molar-refractivity contribution is 6.33. The lowest BCUT2D eigenvalue weighted by atomic mass is 10.1. The summed E-state index contributed by atoms with van der Waals surface area (Å²) < 4.78 is 14.7. The van der Waals surface area contributed by atoms with Crippen molar-refractivity contribution in [3.05, 3.63) is 63.0 Å². The molecule has 0 saturated carbocycles. The van der Waals surface area contributed by atoms with Crippen molar-refractivity contribution in [1.82, 2.24) is 0 Å². The minimum Gasteiger partial charge on any atom is -0.494 e. The summed E-state index contributed by atoms with van der Waals surface area (Å²) in [5.41, 5.74) is -0.427. The van der Waals surface area contributed by atoms with E-state index in [0.717, 1.165) is 13.2 Å². The Morgan fingerprint density at radius 2 is 1.78 bits per heavy atom. The molecule has 0 atom stereocenters. The zero-order valence-electron chi connectivity index (χ0n) is 14.6. The second-order valence-electron chi connectivity index (χ2n) is 5.05. The third-order valence-corrected chi connectivity index (χ3v) is 3.90. The van der Waals surface area contributed by atoms with Crippen molar-refractivity contribution < 1.29 is 28.7 Å². The maximum absolute atomic E-state index is 12.4. The van der Waals surface area contributed by atoms with Crippen LogP contribution in [-0.4, -0.2) is 38.2 Å². The molecule has 0 fully saturated rings. The molecule has 142 valence electrons. The Kier molecular flexibility index (Phi) is 6.19. The highest BCUT2D eigenvalue weighted by atomic mass is 35.5. The first-order valence-corrected chi connectivity index (χ1v) is 7.80. The van der Waals surface area contributed by atoms with Crippen LogP contribution in [0.4, 0.5) is 11.4 Å². The Labute approximate surface area is 159 Å². The van der Waals surface area contributed by atoms with E-state index in [1.54, 1.807) is 6.08 Å². The molecule has 2 rings (SSSR count). The van der Waals surface area contributed by atoms with Gasteiger partial charge in [-0.1, -0.05) is 17.7 Å². The molecule has 0 bridgehead atoms. The van der Waals surface area contributed by atoms with Gasteiger partial charge in [0, 0.05) is 6.20 Å². The zero-order chi connectivity index (χ0) is 20.1. The lowest BCUT2D eigenvalue weighted by Gasteiger charge is -2.24. The van der Waals surface area contributed by atoms with E-state index in [4.69, 9.17) is 25.8 Å². The number of nitro benzene ring substituents is 1. The summed E-state index contributed by atoms with van der Waals surface area (Å²) in [6, 6.07) is 2.38. The number of methoxy groups -OCH3 is 3. The first kappa shape index (κ1) is 20.0. The molecular formula is C17H15ClN2O7. The van der Waals surface area contributed by atoms with Gasteiger partial charge in [-0.25, -0.2) is 9.59 Å². The molecule has 0 aromatic heterocycles. The van der Waals surface area contributed by atoms with Gasteiger partial charge in [0.05, 0.1) is 43.6 Å². The van der Waals surface area contributed by atoms with Crippen LogP contribution < -0.4 is 9.64 Å². The number of hydrogen-bond acceptors (Lipinski definition) is 8. The number of ether oxygens (including phenoxy) is 3. The number of carbonyl (C=O) groups excluding carboxylic acids is 2. The number of halogens is 1. The molecule has 1 heterocycles. The zero-order valence-corrected chi connectivity index (χ0v) is 15.4. The Hall–Kier alpha value is -3.33. The van der Waals surface area contributed by atoms with Crippen molar-refractivity contribution in [2.24, 2.45) is 0 Å². The summed E-state index contributed by atoms with van der Waals surface area (Å²) in [7, 11) is 3.63. The van der Waals surface area contributed by atoms with Gasteiger partial charge in [-0.2, -0.15) is 0 Å². The van der Waals surface area contributed by atoms with Gasteiger partial charge in [-0.15, -0.1) is 0 Å². The monoisotopic (exact) mass is 394 g/mol. The molecule has 0 amide bonds. The SMILES string of the molecule is COC(=O)C1=C(C(=O)OC)N(c2cc(Cl)c([N+](=O)[O-])cc2OC)C=CC=C1. The average Bonchev–Trinajstić information content (AvgIpc) is 2.89. The van der Waals surface area contributed by atoms with Gasteiger partial charge in [-0.05, 0) is 18.2 Å². The van der Waals surface area contributed by atoms with Crippen LogP contribution in [0.15, 0.2) is 47.8 Å². The van der Waals surface area contributed by atoms with Gasteiger partial charge >= 0.3 is 11.9 Å². The largest absolute Gasteiger partial charge is 0.494 e. The lowest BCUT2D eigenvalue weighted by molar-refractivity contribution is -0.384. The number of anilines is 1. The summed E-state index contributed by atoms with van der Waals surface area (Å²) in [6.45, 7) is 0.